The molecular formula is C16H16ClN3O4. The third-order valence-electron chi connectivity index (χ3n) is 2.96. The molecule has 2 rings (SSSR count). The number of nitrogens with two attached hydrogens (primary N) is 1. The number of carbonyl (C=O) groups excluding carboxylic acids is 2. The summed E-state index contributed by atoms with van der Waals surface area (Å²) >= 11 is 6.05. The van der Waals surface area contributed by atoms with Crippen LogP contribution in [-0.2, 0) is 0 Å². The van der Waals surface area contributed by atoms with E-state index in [0.29, 0.717) is 17.1 Å². The lowest BCUT2D eigenvalue weighted by atomic mass is 10.1. The highest BCUT2D eigenvalue weighted by Crippen LogP contribution is 2.26. The van der Waals surface area contributed by atoms with Crippen LogP contribution in [0.3, 0.4) is 0 Å². The van der Waals surface area contributed by atoms with E-state index < -0.39 is 11.9 Å². The van der Waals surface area contributed by atoms with Gasteiger partial charge in [0.1, 0.15) is 12.4 Å². The van der Waals surface area contributed by atoms with Crippen LogP contribution < -0.4 is 21.1 Å². The minimum Gasteiger partial charge on any atom is -0.489 e. The van der Waals surface area contributed by atoms with Gasteiger partial charge in [0.2, 0.25) is 0 Å². The van der Waals surface area contributed by atoms with E-state index in [9.17, 15) is 9.59 Å². The van der Waals surface area contributed by atoms with Crippen molar-refractivity contribution < 1.29 is 19.4 Å². The van der Waals surface area contributed by atoms with Crippen LogP contribution in [0.5, 0.6) is 5.75 Å². The molecule has 5 N–H and O–H groups in total. The van der Waals surface area contributed by atoms with Crippen LogP contribution in [-0.4, -0.2) is 30.3 Å². The number of urea groups is 1. The number of rotatable bonds is 6. The molecule has 0 bridgehead atoms. The summed E-state index contributed by atoms with van der Waals surface area (Å²) in [5.41, 5.74) is 6.00. The average molecular weight is 350 g/mol. The summed E-state index contributed by atoms with van der Waals surface area (Å²) in [6.07, 6.45) is 0. The highest BCUT2D eigenvalue weighted by atomic mass is 35.5. The molecular weight excluding hydrogens is 334 g/mol. The SMILES string of the molecule is NC(=O)Nc1ccc(Cl)c(C(=O)Nc2ccccc2OCCO)c1. The van der Waals surface area contributed by atoms with Crippen molar-refractivity contribution in [2.45, 2.75) is 0 Å². The standard InChI is InChI=1S/C16H16ClN3O4/c17-12-6-5-10(19-16(18)23)9-11(12)15(22)20-13-3-1-2-4-14(13)24-8-7-21/h1-6,9,21H,7-8H2,(H,20,22)(H3,18,19,23). The van der Waals surface area contributed by atoms with Crippen molar-refractivity contribution >= 4 is 34.9 Å². The average Bonchev–Trinajstić information content (AvgIpc) is 2.55. The molecule has 126 valence electrons. The molecule has 2 aromatic carbocycles. The van der Waals surface area contributed by atoms with Crippen molar-refractivity contribution in [1.82, 2.24) is 0 Å². The highest BCUT2D eigenvalue weighted by molar-refractivity contribution is 6.34. The second-order valence-electron chi connectivity index (χ2n) is 4.71. The number of ether oxygens (including phenoxy) is 1. The molecule has 0 aliphatic carbocycles. The molecule has 0 saturated heterocycles. The Labute approximate surface area is 143 Å². The molecule has 7 nitrogen and oxygen atoms in total. The largest absolute Gasteiger partial charge is 0.489 e. The summed E-state index contributed by atoms with van der Waals surface area (Å²) in [5, 5.41) is 14.1. The fourth-order valence-corrected chi connectivity index (χ4v) is 2.16. The smallest absolute Gasteiger partial charge is 0.316 e. The number of hydrogen-bond acceptors (Lipinski definition) is 4. The van der Waals surface area contributed by atoms with E-state index in [2.05, 4.69) is 10.6 Å². The minimum absolute atomic E-state index is 0.103. The summed E-state index contributed by atoms with van der Waals surface area (Å²) in [6, 6.07) is 10.5. The molecule has 0 unspecified atom stereocenters. The molecule has 0 aliphatic rings. The number of halogens is 1. The van der Waals surface area contributed by atoms with E-state index in [1.807, 2.05) is 0 Å². The van der Waals surface area contributed by atoms with Crippen LogP contribution in [0.2, 0.25) is 5.02 Å². The molecule has 3 amide bonds. The number of hydrogen-bond donors (Lipinski definition) is 4. The Morgan fingerprint density at radius 1 is 1.17 bits per heavy atom. The number of amides is 3. The Morgan fingerprint density at radius 3 is 2.62 bits per heavy atom. The minimum atomic E-state index is -0.744. The number of anilines is 2. The fourth-order valence-electron chi connectivity index (χ4n) is 1.96. The lowest BCUT2D eigenvalue weighted by molar-refractivity contribution is 0.102. The lowest BCUT2D eigenvalue weighted by Crippen LogP contribution is -2.20. The Kier molecular flexibility index (Phi) is 6.00. The lowest BCUT2D eigenvalue weighted by Gasteiger charge is -2.13. The number of carbonyl (C=O) groups is 2. The first-order valence-corrected chi connectivity index (χ1v) is 7.39. The molecule has 8 heteroatoms. The Hall–Kier alpha value is -2.77. The summed E-state index contributed by atoms with van der Waals surface area (Å²) in [6.45, 7) is -0.0411. The monoisotopic (exact) mass is 349 g/mol. The van der Waals surface area contributed by atoms with Gasteiger partial charge in [-0.05, 0) is 30.3 Å². The van der Waals surface area contributed by atoms with Crippen molar-refractivity contribution in [3.63, 3.8) is 0 Å². The molecule has 2 aromatic rings. The van der Waals surface area contributed by atoms with E-state index in [0.717, 1.165) is 0 Å². The molecule has 0 spiro atoms. The van der Waals surface area contributed by atoms with Crippen molar-refractivity contribution in [2.75, 3.05) is 23.8 Å². The summed E-state index contributed by atoms with van der Waals surface area (Å²) < 4.78 is 5.36. The number of para-hydroxylation sites is 2. The Bertz CT molecular complexity index is 752. The van der Waals surface area contributed by atoms with Gasteiger partial charge < -0.3 is 26.2 Å². The fraction of sp³-hybridized carbons (Fsp3) is 0.125. The predicted octanol–water partition coefficient (Wildman–Crippen LogP) is 2.45. The molecule has 0 saturated carbocycles. The van der Waals surface area contributed by atoms with E-state index in [1.165, 1.54) is 18.2 Å². The van der Waals surface area contributed by atoms with Gasteiger partial charge in [-0.2, -0.15) is 0 Å². The van der Waals surface area contributed by atoms with Crippen LogP contribution in [0.15, 0.2) is 42.5 Å². The summed E-state index contributed by atoms with van der Waals surface area (Å²) in [4.78, 5) is 23.4. The third kappa shape index (κ3) is 4.61. The molecule has 0 radical (unpaired) electrons. The van der Waals surface area contributed by atoms with Gasteiger partial charge in [-0.1, -0.05) is 23.7 Å². The number of primary amides is 1. The Morgan fingerprint density at radius 2 is 1.92 bits per heavy atom. The number of nitrogens with one attached hydrogen (secondary N) is 2. The van der Waals surface area contributed by atoms with Gasteiger partial charge in [-0.3, -0.25) is 4.79 Å². The summed E-state index contributed by atoms with van der Waals surface area (Å²) in [7, 11) is 0. The summed E-state index contributed by atoms with van der Waals surface area (Å²) in [5.74, 6) is -0.0596. The van der Waals surface area contributed by atoms with Gasteiger partial charge >= 0.3 is 6.03 Å². The Balaban J connectivity index is 2.22. The second-order valence-corrected chi connectivity index (χ2v) is 5.11. The van der Waals surface area contributed by atoms with Crippen molar-refractivity contribution in [3.8, 4) is 5.75 Å². The van der Waals surface area contributed by atoms with Gasteiger partial charge in [0, 0.05) is 5.69 Å². The maximum atomic E-state index is 12.5. The topological polar surface area (TPSA) is 114 Å². The molecule has 0 aliphatic heterocycles. The molecule has 0 heterocycles. The first kappa shape index (κ1) is 17.6. The van der Waals surface area contributed by atoms with Gasteiger partial charge in [0.25, 0.3) is 5.91 Å². The van der Waals surface area contributed by atoms with E-state index in [1.54, 1.807) is 24.3 Å². The van der Waals surface area contributed by atoms with Crippen LogP contribution >= 0.6 is 11.6 Å². The quantitative estimate of drug-likeness (QED) is 0.641. The predicted molar refractivity (Wildman–Crippen MR) is 91.6 cm³/mol. The number of aliphatic hydroxyl groups excluding tert-OH is 1. The zero-order valence-corrected chi connectivity index (χ0v) is 13.3. The number of benzene rings is 2. The van der Waals surface area contributed by atoms with E-state index >= 15 is 0 Å². The maximum Gasteiger partial charge on any atom is 0.316 e. The van der Waals surface area contributed by atoms with Crippen molar-refractivity contribution in [3.05, 3.63) is 53.1 Å². The first-order valence-electron chi connectivity index (χ1n) is 7.01. The molecule has 0 fully saturated rings. The van der Waals surface area contributed by atoms with Crippen LogP contribution in [0.1, 0.15) is 10.4 Å². The first-order chi connectivity index (χ1) is 11.5. The van der Waals surface area contributed by atoms with Gasteiger partial charge in [0.15, 0.2) is 0 Å². The highest BCUT2D eigenvalue weighted by Gasteiger charge is 2.14. The van der Waals surface area contributed by atoms with Gasteiger partial charge in [-0.15, -0.1) is 0 Å². The van der Waals surface area contributed by atoms with Crippen molar-refractivity contribution in [1.29, 1.82) is 0 Å². The van der Waals surface area contributed by atoms with Gasteiger partial charge in [-0.25, -0.2) is 4.79 Å². The number of aliphatic hydroxyl groups is 1. The van der Waals surface area contributed by atoms with E-state index in [-0.39, 0.29) is 23.8 Å². The van der Waals surface area contributed by atoms with Gasteiger partial charge in [0.05, 0.1) is 22.9 Å². The van der Waals surface area contributed by atoms with E-state index in [4.69, 9.17) is 27.2 Å². The third-order valence-corrected chi connectivity index (χ3v) is 3.29. The van der Waals surface area contributed by atoms with Crippen LogP contribution in [0.4, 0.5) is 16.2 Å². The zero-order chi connectivity index (χ0) is 17.5. The van der Waals surface area contributed by atoms with Crippen molar-refractivity contribution in [2.24, 2.45) is 5.73 Å². The normalized spacial score (nSPS) is 10.1. The molecule has 0 aromatic heterocycles. The van der Waals surface area contributed by atoms with Crippen LogP contribution in [0.25, 0.3) is 0 Å². The molecule has 24 heavy (non-hydrogen) atoms. The maximum absolute atomic E-state index is 12.5. The second kappa shape index (κ2) is 8.19. The van der Waals surface area contributed by atoms with Crippen LogP contribution in [0, 0.1) is 0 Å². The zero-order valence-electron chi connectivity index (χ0n) is 12.6. The molecule has 0 atom stereocenters.